The van der Waals surface area contributed by atoms with Crippen LogP contribution in [-0.4, -0.2) is 116 Å². The van der Waals surface area contributed by atoms with Crippen molar-refractivity contribution >= 4 is 5.97 Å². The predicted molar refractivity (Wildman–Crippen MR) is 194 cm³/mol. The van der Waals surface area contributed by atoms with Gasteiger partial charge < -0.3 is 54.7 Å². The van der Waals surface area contributed by atoms with Gasteiger partial charge in [0.15, 0.2) is 6.29 Å². The van der Waals surface area contributed by atoms with Crippen LogP contribution in [0.4, 0.5) is 0 Å². The van der Waals surface area contributed by atoms with Crippen molar-refractivity contribution in [1.29, 1.82) is 0 Å². The lowest BCUT2D eigenvalue weighted by Crippen LogP contribution is -2.62. The zero-order valence-electron chi connectivity index (χ0n) is 31.6. The maximum atomic E-state index is 12.5. The van der Waals surface area contributed by atoms with Crippen molar-refractivity contribution in [3.05, 3.63) is 0 Å². The van der Waals surface area contributed by atoms with Crippen molar-refractivity contribution in [2.24, 2.45) is 0 Å². The Morgan fingerprint density at radius 2 is 0.961 bits per heavy atom. The summed E-state index contributed by atoms with van der Waals surface area (Å²) >= 11 is 0. The molecule has 0 radical (unpaired) electrons. The van der Waals surface area contributed by atoms with Gasteiger partial charge in [0.05, 0.1) is 13.2 Å². The van der Waals surface area contributed by atoms with Crippen LogP contribution in [0.15, 0.2) is 0 Å². The zero-order chi connectivity index (χ0) is 37.3. The molecule has 0 bridgehead atoms. The first-order chi connectivity index (χ1) is 24.7. The van der Waals surface area contributed by atoms with E-state index in [1.54, 1.807) is 0 Å². The topological polar surface area (TPSA) is 196 Å². The molecule has 51 heavy (non-hydrogen) atoms. The summed E-state index contributed by atoms with van der Waals surface area (Å²) in [7, 11) is 0. The summed E-state index contributed by atoms with van der Waals surface area (Å²) < 4.78 is 21.9. The molecule has 0 unspecified atom stereocenters. The fourth-order valence-corrected chi connectivity index (χ4v) is 7.10. The largest absolute Gasteiger partial charge is 0.460 e. The third-order valence-electron chi connectivity index (χ3n) is 10.5. The van der Waals surface area contributed by atoms with Crippen LogP contribution in [0, 0.1) is 0 Å². The zero-order valence-corrected chi connectivity index (χ0v) is 31.6. The van der Waals surface area contributed by atoms with Gasteiger partial charge in [0.1, 0.15) is 49.3 Å². The maximum Gasteiger partial charge on any atom is 0.305 e. The van der Waals surface area contributed by atoms with E-state index < -0.39 is 80.6 Å². The van der Waals surface area contributed by atoms with Gasteiger partial charge in [-0.15, -0.1) is 0 Å². The molecule has 2 fully saturated rings. The standard InChI is InChI=1S/C39H74O12/c1-2-3-4-5-6-7-8-9-10-11-12-13-14-15-16-17-18-19-20-21-22-23-24-25-26-32(42)48-29-39(37(47)34(44)31(28-41)50-39)51-38-36(46)35(45)33(43)30(27-40)49-38/h30-31,33-38,40-41,43-47H,2-29H2,1H3/t30-,31-,33-,34-,35+,36-,37+,38-,39+/m1/s1. The van der Waals surface area contributed by atoms with Crippen LogP contribution in [-0.2, 0) is 23.7 Å². The lowest BCUT2D eigenvalue weighted by Gasteiger charge is -2.43. The molecule has 2 heterocycles. The molecule has 0 spiro atoms. The molecule has 12 heteroatoms. The number of aliphatic hydroxyl groups is 7. The van der Waals surface area contributed by atoms with Crippen molar-refractivity contribution < 1.29 is 59.5 Å². The first-order valence-corrected chi connectivity index (χ1v) is 20.5. The monoisotopic (exact) mass is 735 g/mol. The highest BCUT2D eigenvalue weighted by Crippen LogP contribution is 2.36. The summed E-state index contributed by atoms with van der Waals surface area (Å²) in [5, 5.41) is 70.7. The molecule has 302 valence electrons. The minimum atomic E-state index is -2.25. The second-order valence-electron chi connectivity index (χ2n) is 14.9. The molecule has 9 atom stereocenters. The molecule has 0 aromatic heterocycles. The molecule has 2 aliphatic rings. The minimum Gasteiger partial charge on any atom is -0.460 e. The van der Waals surface area contributed by atoms with Crippen molar-refractivity contribution in [2.75, 3.05) is 19.8 Å². The average Bonchev–Trinajstić information content (AvgIpc) is 3.37. The SMILES string of the molecule is CCCCCCCCCCCCCCCCCCCCCCCCCCC(=O)OC[C@@]1(O[C@H]2O[C@H](CO)[C@@H](O)[C@H](O)[C@H]2O)O[C@H](CO)[C@@H](O)[C@@H]1O. The van der Waals surface area contributed by atoms with Gasteiger partial charge in [0.25, 0.3) is 0 Å². The highest BCUT2D eigenvalue weighted by atomic mass is 16.8. The van der Waals surface area contributed by atoms with E-state index in [1.807, 2.05) is 0 Å². The summed E-state index contributed by atoms with van der Waals surface area (Å²) in [6, 6.07) is 0. The Labute approximate surface area is 307 Å². The first kappa shape index (κ1) is 46.2. The van der Waals surface area contributed by atoms with Gasteiger partial charge in [-0.05, 0) is 6.42 Å². The molecule has 0 amide bonds. The Kier molecular flexibility index (Phi) is 25.0. The number of carbonyl (C=O) groups is 1. The van der Waals surface area contributed by atoms with Crippen LogP contribution in [0.2, 0.25) is 0 Å². The van der Waals surface area contributed by atoms with Crippen LogP contribution in [0.1, 0.15) is 167 Å². The molecular weight excluding hydrogens is 660 g/mol. The number of aliphatic hydroxyl groups excluding tert-OH is 7. The molecule has 2 saturated heterocycles. The van der Waals surface area contributed by atoms with Gasteiger partial charge in [0.2, 0.25) is 5.79 Å². The van der Waals surface area contributed by atoms with E-state index >= 15 is 0 Å². The van der Waals surface area contributed by atoms with E-state index in [2.05, 4.69) is 6.92 Å². The molecule has 2 rings (SSSR count). The predicted octanol–water partition coefficient (Wildman–Crippen LogP) is 4.93. The van der Waals surface area contributed by atoms with E-state index in [4.69, 9.17) is 18.9 Å². The van der Waals surface area contributed by atoms with E-state index in [9.17, 15) is 40.5 Å². The van der Waals surface area contributed by atoms with Crippen molar-refractivity contribution in [1.82, 2.24) is 0 Å². The Hall–Kier alpha value is -0.930. The molecular formula is C39H74O12. The molecule has 0 aromatic carbocycles. The number of hydrogen-bond acceptors (Lipinski definition) is 12. The Morgan fingerprint density at radius 1 is 0.549 bits per heavy atom. The van der Waals surface area contributed by atoms with Crippen LogP contribution in [0.5, 0.6) is 0 Å². The van der Waals surface area contributed by atoms with Gasteiger partial charge in [-0.25, -0.2) is 0 Å². The fourth-order valence-electron chi connectivity index (χ4n) is 7.10. The summed E-state index contributed by atoms with van der Waals surface area (Å²) in [5.41, 5.74) is 0. The van der Waals surface area contributed by atoms with Crippen molar-refractivity contribution in [3.8, 4) is 0 Å². The normalized spacial score (nSPS) is 29.5. The molecule has 0 aliphatic carbocycles. The Bertz CT molecular complexity index is 862. The second-order valence-corrected chi connectivity index (χ2v) is 14.9. The smallest absolute Gasteiger partial charge is 0.305 e. The number of esters is 1. The van der Waals surface area contributed by atoms with Crippen LogP contribution >= 0.6 is 0 Å². The Balaban J connectivity index is 1.48. The molecule has 0 saturated carbocycles. The third kappa shape index (κ3) is 17.4. The van der Waals surface area contributed by atoms with E-state index in [0.29, 0.717) is 6.42 Å². The van der Waals surface area contributed by atoms with E-state index in [-0.39, 0.29) is 6.42 Å². The van der Waals surface area contributed by atoms with Crippen LogP contribution in [0.3, 0.4) is 0 Å². The molecule has 2 aliphatic heterocycles. The molecule has 7 N–H and O–H groups in total. The lowest BCUT2D eigenvalue weighted by molar-refractivity contribution is -0.383. The number of carbonyl (C=O) groups excluding carboxylic acids is 1. The molecule has 12 nitrogen and oxygen atoms in total. The minimum absolute atomic E-state index is 0.122. The van der Waals surface area contributed by atoms with Gasteiger partial charge in [0, 0.05) is 6.42 Å². The number of ether oxygens (including phenoxy) is 4. The average molecular weight is 735 g/mol. The van der Waals surface area contributed by atoms with E-state index in [1.165, 1.54) is 128 Å². The quantitative estimate of drug-likeness (QED) is 0.0376. The van der Waals surface area contributed by atoms with Crippen molar-refractivity contribution in [2.45, 2.75) is 222 Å². The second kappa shape index (κ2) is 27.6. The summed E-state index contributed by atoms with van der Waals surface area (Å²) in [5.74, 6) is -2.83. The van der Waals surface area contributed by atoms with Gasteiger partial charge in [-0.1, -0.05) is 155 Å². The maximum absolute atomic E-state index is 12.5. The van der Waals surface area contributed by atoms with Crippen LogP contribution < -0.4 is 0 Å². The van der Waals surface area contributed by atoms with Gasteiger partial charge in [-0.3, -0.25) is 4.79 Å². The number of rotatable bonds is 31. The summed E-state index contributed by atoms with van der Waals surface area (Å²) in [6.45, 7) is 0.176. The number of hydrogen-bond donors (Lipinski definition) is 7. The van der Waals surface area contributed by atoms with Gasteiger partial charge >= 0.3 is 5.97 Å². The van der Waals surface area contributed by atoms with Gasteiger partial charge in [-0.2, -0.15) is 0 Å². The first-order valence-electron chi connectivity index (χ1n) is 20.5. The highest BCUT2D eigenvalue weighted by molar-refractivity contribution is 5.69. The molecule has 0 aromatic rings. The summed E-state index contributed by atoms with van der Waals surface area (Å²) in [6.07, 6.45) is 18.1. The van der Waals surface area contributed by atoms with Crippen molar-refractivity contribution in [3.63, 3.8) is 0 Å². The number of unbranched alkanes of at least 4 members (excludes halogenated alkanes) is 23. The lowest BCUT2D eigenvalue weighted by atomic mass is 9.99. The van der Waals surface area contributed by atoms with E-state index in [0.717, 1.165) is 19.3 Å². The third-order valence-corrected chi connectivity index (χ3v) is 10.5. The fraction of sp³-hybridized carbons (Fsp3) is 0.974. The summed E-state index contributed by atoms with van der Waals surface area (Å²) in [4.78, 5) is 12.5. The van der Waals surface area contributed by atoms with Crippen LogP contribution in [0.25, 0.3) is 0 Å². The Morgan fingerprint density at radius 3 is 1.35 bits per heavy atom. The highest BCUT2D eigenvalue weighted by Gasteiger charge is 2.59.